The molecule has 0 aliphatic carbocycles. The summed E-state index contributed by atoms with van der Waals surface area (Å²) in [5, 5.41) is 0. The molecule has 1 amide bonds. The van der Waals surface area contributed by atoms with E-state index in [1.165, 1.54) is 5.57 Å². The van der Waals surface area contributed by atoms with Gasteiger partial charge in [0.05, 0.1) is 0 Å². The zero-order valence-corrected chi connectivity index (χ0v) is 6.55. The second kappa shape index (κ2) is 2.45. The first-order valence-electron chi connectivity index (χ1n) is 3.55. The van der Waals surface area contributed by atoms with Gasteiger partial charge in [0.15, 0.2) is 0 Å². The fourth-order valence-corrected chi connectivity index (χ4v) is 1.41. The fourth-order valence-electron chi connectivity index (χ4n) is 1.41. The number of hydrogen-bond acceptors (Lipinski definition) is 1. The van der Waals surface area contributed by atoms with E-state index >= 15 is 0 Å². The molecular weight excluding hydrogens is 126 g/mol. The Labute approximate surface area is 61.5 Å². The first kappa shape index (κ1) is 7.32. The SMILES string of the molecule is C=C1C[C@@H](C)N(C(C)=O)C1. The van der Waals surface area contributed by atoms with Gasteiger partial charge in [0.2, 0.25) is 5.91 Å². The van der Waals surface area contributed by atoms with Crippen molar-refractivity contribution < 1.29 is 4.79 Å². The summed E-state index contributed by atoms with van der Waals surface area (Å²) in [6.07, 6.45) is 0.972. The van der Waals surface area contributed by atoms with Gasteiger partial charge < -0.3 is 4.90 Å². The normalized spacial score (nSPS) is 25.6. The van der Waals surface area contributed by atoms with Crippen molar-refractivity contribution in [3.05, 3.63) is 12.2 Å². The van der Waals surface area contributed by atoms with Gasteiger partial charge in [0, 0.05) is 19.5 Å². The standard InChI is InChI=1S/C8H13NO/c1-6-4-7(2)9(5-6)8(3)10/h7H,1,4-5H2,2-3H3/t7-/m1/s1. The first-order valence-corrected chi connectivity index (χ1v) is 3.55. The lowest BCUT2D eigenvalue weighted by molar-refractivity contribution is -0.129. The Morgan fingerprint density at radius 3 is 2.60 bits per heavy atom. The van der Waals surface area contributed by atoms with Gasteiger partial charge in [-0.2, -0.15) is 0 Å². The van der Waals surface area contributed by atoms with Crippen LogP contribution in [0, 0.1) is 0 Å². The summed E-state index contributed by atoms with van der Waals surface area (Å²) in [5.74, 6) is 0.158. The van der Waals surface area contributed by atoms with Gasteiger partial charge >= 0.3 is 0 Å². The van der Waals surface area contributed by atoms with E-state index in [4.69, 9.17) is 0 Å². The van der Waals surface area contributed by atoms with Crippen LogP contribution in [0.3, 0.4) is 0 Å². The first-order chi connectivity index (χ1) is 4.61. The van der Waals surface area contributed by atoms with Crippen LogP contribution in [0.4, 0.5) is 0 Å². The number of hydrogen-bond donors (Lipinski definition) is 0. The second-order valence-corrected chi connectivity index (χ2v) is 2.95. The van der Waals surface area contributed by atoms with Crippen LogP contribution in [-0.4, -0.2) is 23.4 Å². The van der Waals surface area contributed by atoms with Crippen molar-refractivity contribution in [3.8, 4) is 0 Å². The van der Waals surface area contributed by atoms with Crippen molar-refractivity contribution >= 4 is 5.91 Å². The van der Waals surface area contributed by atoms with Gasteiger partial charge in [0.25, 0.3) is 0 Å². The Morgan fingerprint density at radius 1 is 1.80 bits per heavy atom. The highest BCUT2D eigenvalue weighted by molar-refractivity contribution is 5.74. The molecule has 0 aromatic carbocycles. The molecule has 0 aromatic heterocycles. The molecule has 0 N–H and O–H groups in total. The molecule has 0 unspecified atom stereocenters. The highest BCUT2D eigenvalue weighted by Gasteiger charge is 2.24. The smallest absolute Gasteiger partial charge is 0.219 e. The minimum Gasteiger partial charge on any atom is -0.336 e. The summed E-state index contributed by atoms with van der Waals surface area (Å²) < 4.78 is 0. The molecule has 0 aromatic rings. The average molecular weight is 139 g/mol. The Kier molecular flexibility index (Phi) is 1.79. The lowest BCUT2D eigenvalue weighted by atomic mass is 10.2. The third-order valence-electron chi connectivity index (χ3n) is 1.91. The van der Waals surface area contributed by atoms with Crippen LogP contribution in [0.1, 0.15) is 20.3 Å². The van der Waals surface area contributed by atoms with Gasteiger partial charge in [-0.25, -0.2) is 0 Å². The molecule has 56 valence electrons. The number of likely N-dealkylation sites (tertiary alicyclic amines) is 1. The number of rotatable bonds is 0. The van der Waals surface area contributed by atoms with Crippen molar-refractivity contribution in [1.29, 1.82) is 0 Å². The molecule has 1 aliphatic rings. The van der Waals surface area contributed by atoms with Crippen LogP contribution in [0.15, 0.2) is 12.2 Å². The number of carbonyl (C=O) groups excluding carboxylic acids is 1. The van der Waals surface area contributed by atoms with E-state index < -0.39 is 0 Å². The largest absolute Gasteiger partial charge is 0.336 e. The predicted octanol–water partition coefficient (Wildman–Crippen LogP) is 1.18. The zero-order valence-electron chi connectivity index (χ0n) is 6.55. The van der Waals surface area contributed by atoms with E-state index in [1.807, 2.05) is 4.90 Å². The summed E-state index contributed by atoms with van der Waals surface area (Å²) in [5.41, 5.74) is 1.17. The maximum atomic E-state index is 10.9. The molecule has 0 spiro atoms. The van der Waals surface area contributed by atoms with E-state index in [2.05, 4.69) is 13.5 Å². The molecule has 1 heterocycles. The summed E-state index contributed by atoms with van der Waals surface area (Å²) >= 11 is 0. The maximum absolute atomic E-state index is 10.9. The lowest BCUT2D eigenvalue weighted by Crippen LogP contribution is -2.31. The number of amides is 1. The van der Waals surface area contributed by atoms with Gasteiger partial charge in [-0.05, 0) is 13.3 Å². The molecule has 1 saturated heterocycles. The van der Waals surface area contributed by atoms with Gasteiger partial charge in [-0.15, -0.1) is 0 Å². The molecule has 0 saturated carbocycles. The van der Waals surface area contributed by atoms with Crippen molar-refractivity contribution in [2.24, 2.45) is 0 Å². The van der Waals surface area contributed by atoms with Gasteiger partial charge in [-0.3, -0.25) is 4.79 Å². The molecule has 2 heteroatoms. The Balaban J connectivity index is 2.63. The van der Waals surface area contributed by atoms with Crippen molar-refractivity contribution in [2.75, 3.05) is 6.54 Å². The fraction of sp³-hybridized carbons (Fsp3) is 0.625. The number of carbonyl (C=O) groups is 1. The third-order valence-corrected chi connectivity index (χ3v) is 1.91. The summed E-state index contributed by atoms with van der Waals surface area (Å²) in [4.78, 5) is 12.7. The van der Waals surface area contributed by atoms with Gasteiger partial charge in [-0.1, -0.05) is 12.2 Å². The monoisotopic (exact) mass is 139 g/mol. The van der Waals surface area contributed by atoms with Crippen molar-refractivity contribution in [1.82, 2.24) is 4.90 Å². The van der Waals surface area contributed by atoms with Crippen LogP contribution < -0.4 is 0 Å². The van der Waals surface area contributed by atoms with E-state index in [1.54, 1.807) is 6.92 Å². The van der Waals surface area contributed by atoms with Crippen LogP contribution in [0.2, 0.25) is 0 Å². The molecule has 1 atom stereocenters. The highest BCUT2D eigenvalue weighted by Crippen LogP contribution is 2.19. The summed E-state index contributed by atoms with van der Waals surface area (Å²) in [7, 11) is 0. The maximum Gasteiger partial charge on any atom is 0.219 e. The van der Waals surface area contributed by atoms with Crippen LogP contribution in [-0.2, 0) is 4.79 Å². The molecule has 1 fully saturated rings. The lowest BCUT2D eigenvalue weighted by Gasteiger charge is -2.17. The molecule has 0 bridgehead atoms. The zero-order chi connectivity index (χ0) is 7.72. The number of nitrogens with zero attached hydrogens (tertiary/aromatic N) is 1. The molecule has 2 nitrogen and oxygen atoms in total. The topological polar surface area (TPSA) is 20.3 Å². The minimum atomic E-state index is 0.158. The second-order valence-electron chi connectivity index (χ2n) is 2.95. The quantitative estimate of drug-likeness (QED) is 0.461. The Morgan fingerprint density at radius 2 is 2.40 bits per heavy atom. The summed E-state index contributed by atoms with van der Waals surface area (Å²) in [6.45, 7) is 8.27. The molecule has 10 heavy (non-hydrogen) atoms. The molecular formula is C8H13NO. The molecule has 1 rings (SSSR count). The Hall–Kier alpha value is -0.790. The van der Waals surface area contributed by atoms with Gasteiger partial charge in [0.1, 0.15) is 0 Å². The van der Waals surface area contributed by atoms with E-state index in [9.17, 15) is 4.79 Å². The van der Waals surface area contributed by atoms with Crippen molar-refractivity contribution in [3.63, 3.8) is 0 Å². The van der Waals surface area contributed by atoms with Crippen molar-refractivity contribution in [2.45, 2.75) is 26.3 Å². The molecule has 1 aliphatic heterocycles. The van der Waals surface area contributed by atoms with E-state index in [-0.39, 0.29) is 5.91 Å². The third kappa shape index (κ3) is 1.20. The molecule has 0 radical (unpaired) electrons. The Bertz CT molecular complexity index is 174. The summed E-state index contributed by atoms with van der Waals surface area (Å²) in [6, 6.07) is 0.366. The van der Waals surface area contributed by atoms with E-state index in [0.717, 1.165) is 13.0 Å². The average Bonchev–Trinajstić information content (AvgIpc) is 2.10. The van der Waals surface area contributed by atoms with Crippen LogP contribution >= 0.6 is 0 Å². The minimum absolute atomic E-state index is 0.158. The van der Waals surface area contributed by atoms with Crippen LogP contribution in [0.25, 0.3) is 0 Å². The highest BCUT2D eigenvalue weighted by atomic mass is 16.2. The van der Waals surface area contributed by atoms with Crippen LogP contribution in [0.5, 0.6) is 0 Å². The van der Waals surface area contributed by atoms with E-state index in [0.29, 0.717) is 6.04 Å². The predicted molar refractivity (Wildman–Crippen MR) is 40.6 cm³/mol.